The van der Waals surface area contributed by atoms with Crippen LogP contribution in [0.3, 0.4) is 0 Å². The molecule has 2 aromatic rings. The number of rotatable bonds is 14. The fourth-order valence-electron chi connectivity index (χ4n) is 3.00. The summed E-state index contributed by atoms with van der Waals surface area (Å²) in [6.07, 6.45) is -3.17. The molecular weight excluding hydrogens is 561 g/mol. The van der Waals surface area contributed by atoms with Gasteiger partial charge in [0.25, 0.3) is 5.56 Å². The van der Waals surface area contributed by atoms with Gasteiger partial charge in [-0.1, -0.05) is 38.0 Å². The number of H-pyrrole nitrogens is 1. The van der Waals surface area contributed by atoms with Crippen LogP contribution in [-0.4, -0.2) is 63.3 Å². The van der Waals surface area contributed by atoms with Crippen molar-refractivity contribution >= 4 is 24.4 Å². The molecule has 0 saturated carbocycles. The summed E-state index contributed by atoms with van der Waals surface area (Å²) in [7, 11) is 0. The van der Waals surface area contributed by atoms with Crippen molar-refractivity contribution in [3.05, 3.63) is 63.4 Å². The van der Waals surface area contributed by atoms with Crippen LogP contribution in [-0.2, 0) is 30.6 Å². The number of benzene rings is 1. The molecule has 4 unspecified atom stereocenters. The van der Waals surface area contributed by atoms with Crippen molar-refractivity contribution in [3.63, 3.8) is 0 Å². The lowest BCUT2D eigenvalue weighted by atomic mass is 10.2. The number of carbonyl (C=O) groups is 1. The van der Waals surface area contributed by atoms with Crippen molar-refractivity contribution in [3.8, 4) is 17.6 Å². The van der Waals surface area contributed by atoms with Crippen LogP contribution < -0.4 is 20.9 Å². The van der Waals surface area contributed by atoms with Gasteiger partial charge in [-0.3, -0.25) is 19.1 Å². The first kappa shape index (κ1) is 35.2. The van der Waals surface area contributed by atoms with Crippen LogP contribution in [0.4, 0.5) is 0 Å². The number of carbonyl (C=O) groups excluding carboxylic acids is 1. The lowest BCUT2D eigenvalue weighted by Gasteiger charge is -2.30. The molecule has 0 radical (unpaired) electrons. The number of aliphatic hydroxyl groups is 2. The number of ether oxygens (including phenoxy) is 2. The second-order valence-electron chi connectivity index (χ2n) is 8.20. The highest BCUT2D eigenvalue weighted by molar-refractivity contribution is 8.09. The maximum absolute atomic E-state index is 12.4. The standard InChI is InChI=1S/C24H32N3O9PS.C2H6/c1-5-9-19(29)20(35-22(14-28)27-13-12-21(30)25-24(27)32)15-33-37(38,36-18-10-7-6-8-11-18)26-17(4)23(31)34-16(2)3;1-2/h6-8,10-13,16-17,19-20,22,28-29H,14-15H2,1-4H3,(H,26,38)(H,25,30,32);1-2H3/t17?,19-,20?,22?,37?;/m0./s1. The van der Waals surface area contributed by atoms with Crippen LogP contribution in [0.15, 0.2) is 52.2 Å². The van der Waals surface area contributed by atoms with Gasteiger partial charge in [-0.25, -0.2) is 9.88 Å². The monoisotopic (exact) mass is 599 g/mol. The van der Waals surface area contributed by atoms with Gasteiger partial charge in [0.2, 0.25) is 0 Å². The number of hydrogen-bond donors (Lipinski definition) is 4. The average molecular weight is 600 g/mol. The first-order valence-corrected chi connectivity index (χ1v) is 15.3. The summed E-state index contributed by atoms with van der Waals surface area (Å²) in [5, 5.41) is 23.4. The fourth-order valence-corrected chi connectivity index (χ4v) is 5.42. The van der Waals surface area contributed by atoms with Crippen LogP contribution in [0.2, 0.25) is 0 Å². The quantitative estimate of drug-likeness (QED) is 0.143. The Morgan fingerprint density at radius 1 is 1.18 bits per heavy atom. The lowest BCUT2D eigenvalue weighted by Crippen LogP contribution is -2.41. The Morgan fingerprint density at radius 3 is 2.38 bits per heavy atom. The second-order valence-corrected chi connectivity index (χ2v) is 11.3. The van der Waals surface area contributed by atoms with Crippen molar-refractivity contribution in [2.24, 2.45) is 0 Å². The molecule has 40 heavy (non-hydrogen) atoms. The number of esters is 1. The van der Waals surface area contributed by atoms with Crippen molar-refractivity contribution in [2.45, 2.75) is 72.1 Å². The Hall–Kier alpha value is -2.82. The fraction of sp³-hybridized carbons (Fsp3) is 0.500. The zero-order chi connectivity index (χ0) is 30.3. The lowest BCUT2D eigenvalue weighted by molar-refractivity contribution is -0.149. The van der Waals surface area contributed by atoms with Crippen molar-refractivity contribution in [1.82, 2.24) is 14.6 Å². The molecule has 0 aliphatic rings. The van der Waals surface area contributed by atoms with E-state index in [0.717, 1.165) is 16.8 Å². The van der Waals surface area contributed by atoms with Crippen LogP contribution >= 0.6 is 6.64 Å². The van der Waals surface area contributed by atoms with Crippen molar-refractivity contribution in [2.75, 3.05) is 13.2 Å². The maximum Gasteiger partial charge on any atom is 0.330 e. The van der Waals surface area contributed by atoms with Crippen LogP contribution in [0.1, 0.15) is 47.8 Å². The van der Waals surface area contributed by atoms with E-state index in [-0.39, 0.29) is 6.10 Å². The second kappa shape index (κ2) is 17.8. The van der Waals surface area contributed by atoms with Gasteiger partial charge in [-0.15, -0.1) is 5.92 Å². The minimum absolute atomic E-state index is 0.354. The molecule has 0 bridgehead atoms. The molecule has 12 nitrogen and oxygen atoms in total. The van der Waals surface area contributed by atoms with Crippen LogP contribution in [0.25, 0.3) is 0 Å². The van der Waals surface area contributed by atoms with Gasteiger partial charge in [0, 0.05) is 12.3 Å². The zero-order valence-electron chi connectivity index (χ0n) is 23.4. The Morgan fingerprint density at radius 2 is 1.82 bits per heavy atom. The minimum Gasteiger partial charge on any atom is -0.462 e. The molecule has 0 spiro atoms. The summed E-state index contributed by atoms with van der Waals surface area (Å²) in [6, 6.07) is 8.72. The molecule has 1 aromatic carbocycles. The highest BCUT2D eigenvalue weighted by atomic mass is 32.5. The van der Waals surface area contributed by atoms with Crippen molar-refractivity contribution in [1.29, 1.82) is 0 Å². The SMILES string of the molecule is CC.CC#C[C@H](O)C(COP(=S)(NC(C)C(=O)OC(C)C)Oc1ccccc1)OC(CO)n1ccc(=O)[nH]c1=O. The number of aromatic nitrogens is 2. The third-order valence-electron chi connectivity index (χ3n) is 4.73. The first-order chi connectivity index (χ1) is 19.0. The van der Waals surface area contributed by atoms with E-state index < -0.39 is 61.6 Å². The van der Waals surface area contributed by atoms with Gasteiger partial charge in [-0.05, 0) is 51.6 Å². The Labute approximate surface area is 238 Å². The molecule has 2 rings (SSSR count). The van der Waals surface area contributed by atoms with E-state index >= 15 is 0 Å². The molecule has 0 saturated heterocycles. The molecule has 0 aliphatic carbocycles. The van der Waals surface area contributed by atoms with E-state index in [1.165, 1.54) is 6.92 Å². The molecule has 0 amide bonds. The molecule has 4 N–H and O–H groups in total. The predicted molar refractivity (Wildman–Crippen MR) is 154 cm³/mol. The van der Waals surface area contributed by atoms with E-state index in [9.17, 15) is 24.6 Å². The van der Waals surface area contributed by atoms with Gasteiger partial charge >= 0.3 is 18.3 Å². The summed E-state index contributed by atoms with van der Waals surface area (Å²) < 4.78 is 23.8. The first-order valence-electron chi connectivity index (χ1n) is 12.6. The Balaban J connectivity index is 0.00000391. The van der Waals surface area contributed by atoms with Gasteiger partial charge in [0.05, 0.1) is 19.3 Å². The maximum atomic E-state index is 12.4. The number of aliphatic hydroxyl groups excluding tert-OH is 2. The molecule has 14 heteroatoms. The third kappa shape index (κ3) is 11.7. The van der Waals surface area contributed by atoms with Crippen LogP contribution in [0, 0.1) is 11.8 Å². The Kier molecular flexibility index (Phi) is 15.7. The predicted octanol–water partition coefficient (Wildman–Crippen LogP) is 2.07. The molecule has 0 aliphatic heterocycles. The summed E-state index contributed by atoms with van der Waals surface area (Å²) in [4.78, 5) is 38.1. The van der Waals surface area contributed by atoms with E-state index in [0.29, 0.717) is 5.75 Å². The molecule has 1 heterocycles. The van der Waals surface area contributed by atoms with E-state index in [1.807, 2.05) is 13.8 Å². The average Bonchev–Trinajstić information content (AvgIpc) is 2.90. The summed E-state index contributed by atoms with van der Waals surface area (Å²) in [5.74, 6) is 4.89. The molecule has 5 atom stereocenters. The molecule has 1 aromatic heterocycles. The highest BCUT2D eigenvalue weighted by Gasteiger charge is 2.32. The molecule has 0 fully saturated rings. The minimum atomic E-state index is -3.48. The van der Waals surface area contributed by atoms with E-state index in [1.54, 1.807) is 51.1 Å². The topological polar surface area (TPSA) is 161 Å². The van der Waals surface area contributed by atoms with E-state index in [2.05, 4.69) is 21.9 Å². The number of para-hydroxylation sites is 1. The smallest absolute Gasteiger partial charge is 0.330 e. The summed E-state index contributed by atoms with van der Waals surface area (Å²) >= 11 is 5.66. The van der Waals surface area contributed by atoms with Gasteiger partial charge < -0.3 is 28.7 Å². The van der Waals surface area contributed by atoms with Crippen molar-refractivity contribution < 1.29 is 33.5 Å². The zero-order valence-corrected chi connectivity index (χ0v) is 25.1. The molecular formula is C26H38N3O9PS. The van der Waals surface area contributed by atoms with Gasteiger partial charge in [0.1, 0.15) is 24.0 Å². The highest BCUT2D eigenvalue weighted by Crippen LogP contribution is 2.45. The third-order valence-corrected chi connectivity index (χ3v) is 7.23. The van der Waals surface area contributed by atoms with Crippen LogP contribution in [0.5, 0.6) is 5.75 Å². The molecule has 222 valence electrons. The van der Waals surface area contributed by atoms with E-state index in [4.69, 9.17) is 30.3 Å². The number of hydrogen-bond acceptors (Lipinski definition) is 10. The normalized spacial score (nSPS) is 15.2. The summed E-state index contributed by atoms with van der Waals surface area (Å²) in [6.45, 7) is 5.89. The van der Waals surface area contributed by atoms with Gasteiger partial charge in [0.15, 0.2) is 6.23 Å². The summed E-state index contributed by atoms with van der Waals surface area (Å²) in [5.41, 5.74) is -1.46. The largest absolute Gasteiger partial charge is 0.462 e. The van der Waals surface area contributed by atoms with Gasteiger partial charge in [-0.2, -0.15) is 0 Å². The number of nitrogens with zero attached hydrogens (tertiary/aromatic N) is 1. The Bertz CT molecular complexity index is 1270. The number of aromatic amines is 1. The number of nitrogens with one attached hydrogen (secondary N) is 2.